The number of ether oxygens (including phenoxy) is 1. The van der Waals surface area contributed by atoms with Gasteiger partial charge < -0.3 is 4.74 Å². The molecule has 2 unspecified atom stereocenters. The van der Waals surface area contributed by atoms with E-state index < -0.39 is 5.41 Å². The maximum atomic E-state index is 11.6. The van der Waals surface area contributed by atoms with E-state index in [1.165, 1.54) is 6.92 Å². The van der Waals surface area contributed by atoms with Gasteiger partial charge in [0, 0.05) is 6.42 Å². The molecule has 1 aliphatic rings. The van der Waals surface area contributed by atoms with Crippen molar-refractivity contribution in [3.63, 3.8) is 0 Å². The van der Waals surface area contributed by atoms with Crippen LogP contribution in [-0.4, -0.2) is 18.4 Å². The van der Waals surface area contributed by atoms with E-state index in [0.717, 1.165) is 12.8 Å². The van der Waals surface area contributed by atoms with Crippen molar-refractivity contribution in [2.45, 2.75) is 46.5 Å². The molecule has 3 heteroatoms. The van der Waals surface area contributed by atoms with E-state index in [-0.39, 0.29) is 11.8 Å². The molecule has 1 rings (SSSR count). The molecule has 0 aliphatic carbocycles. The van der Waals surface area contributed by atoms with Crippen molar-refractivity contribution in [1.29, 1.82) is 0 Å². The third-order valence-electron chi connectivity index (χ3n) is 3.31. The Balaban J connectivity index is 2.74. The van der Waals surface area contributed by atoms with E-state index in [1.54, 1.807) is 0 Å². The fourth-order valence-corrected chi connectivity index (χ4v) is 2.40. The Bertz CT molecular complexity index is 260. The first-order valence-electron chi connectivity index (χ1n) is 5.71. The van der Waals surface area contributed by atoms with E-state index >= 15 is 0 Å². The fraction of sp³-hybridized carbons (Fsp3) is 0.833. The maximum Gasteiger partial charge on any atom is 0.319 e. The third kappa shape index (κ3) is 2.39. The van der Waals surface area contributed by atoms with Gasteiger partial charge in [-0.1, -0.05) is 26.7 Å². The summed E-state index contributed by atoms with van der Waals surface area (Å²) in [4.78, 5) is 23.3. The number of Topliss-reactive ketones (excluding diaryl/α,β-unsaturated/α-hetero) is 1. The maximum absolute atomic E-state index is 11.6. The average molecular weight is 212 g/mol. The van der Waals surface area contributed by atoms with Crippen LogP contribution < -0.4 is 0 Å². The largest absolute Gasteiger partial charge is 0.465 e. The van der Waals surface area contributed by atoms with Crippen molar-refractivity contribution in [2.75, 3.05) is 6.61 Å². The summed E-state index contributed by atoms with van der Waals surface area (Å²) in [5.41, 5.74) is -0.825. The number of hydrogen-bond donors (Lipinski definition) is 0. The minimum Gasteiger partial charge on any atom is -0.465 e. The highest BCUT2D eigenvalue weighted by Gasteiger charge is 2.49. The summed E-state index contributed by atoms with van der Waals surface area (Å²) in [5.74, 6) is 0.0652. The highest BCUT2D eigenvalue weighted by atomic mass is 16.5. The predicted molar refractivity (Wildman–Crippen MR) is 57.4 cm³/mol. The molecule has 86 valence electrons. The topological polar surface area (TPSA) is 43.4 Å². The fourth-order valence-electron chi connectivity index (χ4n) is 2.40. The smallest absolute Gasteiger partial charge is 0.319 e. The van der Waals surface area contributed by atoms with Gasteiger partial charge in [-0.25, -0.2) is 0 Å². The molecule has 0 spiro atoms. The van der Waals surface area contributed by atoms with Crippen LogP contribution in [-0.2, 0) is 14.3 Å². The van der Waals surface area contributed by atoms with Gasteiger partial charge in [-0.05, 0) is 19.3 Å². The van der Waals surface area contributed by atoms with Gasteiger partial charge in [0.2, 0.25) is 0 Å². The lowest BCUT2D eigenvalue weighted by Gasteiger charge is -2.24. The summed E-state index contributed by atoms with van der Waals surface area (Å²) in [6.45, 7) is 6.12. The van der Waals surface area contributed by atoms with Crippen LogP contribution in [0.5, 0.6) is 0 Å². The van der Waals surface area contributed by atoms with Crippen LogP contribution in [0.3, 0.4) is 0 Å². The van der Waals surface area contributed by atoms with Crippen LogP contribution in [0.15, 0.2) is 0 Å². The molecule has 15 heavy (non-hydrogen) atoms. The minimum absolute atomic E-state index is 0.0343. The van der Waals surface area contributed by atoms with Crippen molar-refractivity contribution in [3.05, 3.63) is 0 Å². The number of hydrogen-bond acceptors (Lipinski definition) is 3. The van der Waals surface area contributed by atoms with Crippen LogP contribution in [0, 0.1) is 11.3 Å². The average Bonchev–Trinajstić information content (AvgIpc) is 2.49. The van der Waals surface area contributed by atoms with Crippen LogP contribution in [0.25, 0.3) is 0 Å². The Hall–Kier alpha value is -0.860. The second kappa shape index (κ2) is 4.77. The number of ketones is 1. The number of carbonyl (C=O) groups excluding carboxylic acids is 2. The predicted octanol–water partition coefficient (Wildman–Crippen LogP) is 2.33. The SMILES string of the molecule is CCCC(C)CC1(C(C)=O)CCOC1=O. The molecule has 1 saturated heterocycles. The third-order valence-corrected chi connectivity index (χ3v) is 3.31. The van der Waals surface area contributed by atoms with Crippen molar-refractivity contribution < 1.29 is 14.3 Å². The number of cyclic esters (lactones) is 1. The van der Waals surface area contributed by atoms with Gasteiger partial charge in [0.05, 0.1) is 6.61 Å². The van der Waals surface area contributed by atoms with E-state index in [2.05, 4.69) is 13.8 Å². The first-order valence-corrected chi connectivity index (χ1v) is 5.71. The van der Waals surface area contributed by atoms with Crippen molar-refractivity contribution in [3.8, 4) is 0 Å². The molecule has 1 aliphatic heterocycles. The molecule has 3 nitrogen and oxygen atoms in total. The lowest BCUT2D eigenvalue weighted by molar-refractivity contribution is -0.151. The van der Waals surface area contributed by atoms with Gasteiger partial charge in [0.15, 0.2) is 0 Å². The molecule has 0 aromatic rings. The van der Waals surface area contributed by atoms with Crippen LogP contribution in [0.2, 0.25) is 0 Å². The first-order chi connectivity index (χ1) is 7.03. The van der Waals surface area contributed by atoms with Gasteiger partial charge in [-0.3, -0.25) is 9.59 Å². The summed E-state index contributed by atoms with van der Waals surface area (Å²) in [5, 5.41) is 0. The molecule has 0 radical (unpaired) electrons. The lowest BCUT2D eigenvalue weighted by Crippen LogP contribution is -2.35. The zero-order valence-corrected chi connectivity index (χ0v) is 9.84. The highest BCUT2D eigenvalue weighted by Crippen LogP contribution is 2.38. The second-order valence-corrected chi connectivity index (χ2v) is 4.62. The van der Waals surface area contributed by atoms with Gasteiger partial charge in [-0.2, -0.15) is 0 Å². The van der Waals surface area contributed by atoms with E-state index in [1.807, 2.05) is 0 Å². The molecule has 0 amide bonds. The number of carbonyl (C=O) groups is 2. The van der Waals surface area contributed by atoms with Gasteiger partial charge in [0.25, 0.3) is 0 Å². The number of rotatable bonds is 5. The Morgan fingerprint density at radius 1 is 1.60 bits per heavy atom. The van der Waals surface area contributed by atoms with E-state index in [0.29, 0.717) is 25.4 Å². The molecular formula is C12H20O3. The molecule has 0 aromatic carbocycles. The van der Waals surface area contributed by atoms with Crippen LogP contribution >= 0.6 is 0 Å². The van der Waals surface area contributed by atoms with Crippen LogP contribution in [0.1, 0.15) is 46.5 Å². The molecule has 0 saturated carbocycles. The zero-order chi connectivity index (χ0) is 11.5. The lowest BCUT2D eigenvalue weighted by atomic mass is 9.74. The first kappa shape index (κ1) is 12.2. The summed E-state index contributed by atoms with van der Waals surface area (Å²) in [6, 6.07) is 0. The normalized spacial score (nSPS) is 27.5. The molecule has 1 fully saturated rings. The van der Waals surface area contributed by atoms with Crippen molar-refractivity contribution >= 4 is 11.8 Å². The zero-order valence-electron chi connectivity index (χ0n) is 9.84. The van der Waals surface area contributed by atoms with E-state index in [4.69, 9.17) is 4.74 Å². The van der Waals surface area contributed by atoms with Crippen LogP contribution in [0.4, 0.5) is 0 Å². The van der Waals surface area contributed by atoms with Crippen molar-refractivity contribution in [1.82, 2.24) is 0 Å². The van der Waals surface area contributed by atoms with Crippen molar-refractivity contribution in [2.24, 2.45) is 11.3 Å². The molecule has 0 aromatic heterocycles. The van der Waals surface area contributed by atoms with Gasteiger partial charge >= 0.3 is 5.97 Å². The monoisotopic (exact) mass is 212 g/mol. The second-order valence-electron chi connectivity index (χ2n) is 4.62. The Labute approximate surface area is 91.2 Å². The van der Waals surface area contributed by atoms with Gasteiger partial charge in [-0.15, -0.1) is 0 Å². The van der Waals surface area contributed by atoms with Gasteiger partial charge in [0.1, 0.15) is 11.2 Å². The quantitative estimate of drug-likeness (QED) is 0.519. The molecular weight excluding hydrogens is 192 g/mol. The summed E-state index contributed by atoms with van der Waals surface area (Å²) in [6.07, 6.45) is 3.36. The molecule has 2 atom stereocenters. The summed E-state index contributed by atoms with van der Waals surface area (Å²) < 4.78 is 4.95. The molecule has 1 heterocycles. The molecule has 0 N–H and O–H groups in total. The highest BCUT2D eigenvalue weighted by molar-refractivity contribution is 6.03. The summed E-state index contributed by atoms with van der Waals surface area (Å²) in [7, 11) is 0. The molecule has 0 bridgehead atoms. The summed E-state index contributed by atoms with van der Waals surface area (Å²) >= 11 is 0. The standard InChI is InChI=1S/C12H20O3/c1-4-5-9(2)8-12(10(3)13)6-7-15-11(12)14/h9H,4-8H2,1-3H3. The Morgan fingerprint density at radius 2 is 2.27 bits per heavy atom. The number of esters is 1. The Kier molecular flexibility index (Phi) is 3.89. The van der Waals surface area contributed by atoms with E-state index in [9.17, 15) is 9.59 Å². The minimum atomic E-state index is -0.825. The Morgan fingerprint density at radius 3 is 2.67 bits per heavy atom.